The molecule has 0 aromatic rings. The lowest BCUT2D eigenvalue weighted by Crippen LogP contribution is -2.45. The Balaban J connectivity index is 2.35. The molecule has 0 amide bonds. The van der Waals surface area contributed by atoms with Gasteiger partial charge in [-0.05, 0) is 27.7 Å². The minimum Gasteiger partial charge on any atom is -0.462 e. The number of thioether (sulfide) groups is 1. The predicted octanol–water partition coefficient (Wildman–Crippen LogP) is 1.77. The Labute approximate surface area is 96.5 Å². The fourth-order valence-electron chi connectivity index (χ4n) is 1.73. The van der Waals surface area contributed by atoms with Crippen LogP contribution in [-0.4, -0.2) is 47.1 Å². The van der Waals surface area contributed by atoms with Crippen molar-refractivity contribution in [2.24, 2.45) is 0 Å². The van der Waals surface area contributed by atoms with Crippen LogP contribution in [0.1, 0.15) is 27.7 Å². The number of ether oxygens (including phenoxy) is 1. The summed E-state index contributed by atoms with van der Waals surface area (Å²) in [5.74, 6) is 0.995. The third-order valence-electron chi connectivity index (χ3n) is 2.22. The molecule has 15 heavy (non-hydrogen) atoms. The summed E-state index contributed by atoms with van der Waals surface area (Å²) >= 11 is 1.97. The van der Waals surface area contributed by atoms with E-state index in [1.54, 1.807) is 0 Å². The fourth-order valence-corrected chi connectivity index (χ4v) is 2.91. The summed E-state index contributed by atoms with van der Waals surface area (Å²) in [6.45, 7) is 10.6. The summed E-state index contributed by atoms with van der Waals surface area (Å²) < 4.78 is 5.39. The second-order valence-electron chi connectivity index (χ2n) is 4.86. The van der Waals surface area contributed by atoms with Gasteiger partial charge in [-0.3, -0.25) is 9.69 Å². The van der Waals surface area contributed by atoms with Gasteiger partial charge in [-0.2, -0.15) is 11.8 Å². The lowest BCUT2D eigenvalue weighted by Gasteiger charge is -2.36. The largest absolute Gasteiger partial charge is 0.462 e. The van der Waals surface area contributed by atoms with Crippen molar-refractivity contribution in [3.63, 3.8) is 0 Å². The Bertz CT molecular complexity index is 229. The topological polar surface area (TPSA) is 29.5 Å². The smallest absolute Gasteiger partial charge is 0.320 e. The molecule has 0 aromatic carbocycles. The van der Waals surface area contributed by atoms with Crippen LogP contribution in [0.2, 0.25) is 0 Å². The Morgan fingerprint density at radius 3 is 2.73 bits per heavy atom. The number of carbonyl (C=O) groups is 1. The van der Waals surface area contributed by atoms with Crippen LogP contribution in [0.4, 0.5) is 0 Å². The Kier molecular flexibility index (Phi) is 4.46. The molecule has 0 unspecified atom stereocenters. The second-order valence-corrected chi connectivity index (χ2v) is 6.66. The minimum atomic E-state index is -0.104. The number of hydrogen-bond donors (Lipinski definition) is 0. The van der Waals surface area contributed by atoms with Crippen LogP contribution < -0.4 is 0 Å². The SMILES string of the molecule is CC(C)OC(=O)CN1CCSC(C)(C)C1. The number of esters is 1. The summed E-state index contributed by atoms with van der Waals surface area (Å²) in [6.07, 6.45) is -0.00956. The first-order valence-corrected chi connectivity index (χ1v) is 6.43. The van der Waals surface area contributed by atoms with Crippen molar-refractivity contribution in [3.8, 4) is 0 Å². The highest BCUT2D eigenvalue weighted by Crippen LogP contribution is 2.29. The summed E-state index contributed by atoms with van der Waals surface area (Å²) in [4.78, 5) is 13.6. The van der Waals surface area contributed by atoms with Crippen LogP contribution in [-0.2, 0) is 9.53 Å². The molecule has 0 aromatic heterocycles. The van der Waals surface area contributed by atoms with Gasteiger partial charge in [0.2, 0.25) is 0 Å². The lowest BCUT2D eigenvalue weighted by molar-refractivity contribution is -0.148. The van der Waals surface area contributed by atoms with Gasteiger partial charge in [-0.25, -0.2) is 0 Å². The zero-order valence-corrected chi connectivity index (χ0v) is 10.9. The van der Waals surface area contributed by atoms with Crippen LogP contribution in [0.15, 0.2) is 0 Å². The summed E-state index contributed by atoms with van der Waals surface area (Å²) in [5.41, 5.74) is 0. The average molecular weight is 231 g/mol. The highest BCUT2D eigenvalue weighted by Gasteiger charge is 2.28. The van der Waals surface area contributed by atoms with E-state index in [0.29, 0.717) is 6.54 Å². The number of hydrogen-bond acceptors (Lipinski definition) is 4. The average Bonchev–Trinajstić information content (AvgIpc) is 1.99. The van der Waals surface area contributed by atoms with E-state index in [9.17, 15) is 4.79 Å². The standard InChI is InChI=1S/C11H21NO2S/c1-9(2)14-10(13)7-12-5-6-15-11(3,4)8-12/h9H,5-8H2,1-4H3. The van der Waals surface area contributed by atoms with Crippen molar-refractivity contribution < 1.29 is 9.53 Å². The number of carbonyl (C=O) groups excluding carboxylic acids is 1. The molecular formula is C11H21NO2S. The van der Waals surface area contributed by atoms with E-state index in [0.717, 1.165) is 18.8 Å². The normalized spacial score (nSPS) is 21.7. The van der Waals surface area contributed by atoms with Gasteiger partial charge >= 0.3 is 5.97 Å². The predicted molar refractivity (Wildman–Crippen MR) is 64.2 cm³/mol. The molecule has 0 radical (unpaired) electrons. The van der Waals surface area contributed by atoms with Crippen LogP contribution in [0.25, 0.3) is 0 Å². The van der Waals surface area contributed by atoms with E-state index in [1.807, 2.05) is 25.6 Å². The molecule has 0 aliphatic carbocycles. The highest BCUT2D eigenvalue weighted by molar-refractivity contribution is 8.00. The Hall–Kier alpha value is -0.220. The molecule has 1 saturated heterocycles. The molecule has 0 spiro atoms. The summed E-state index contributed by atoms with van der Waals surface area (Å²) in [5, 5.41) is 0. The number of nitrogens with zero attached hydrogens (tertiary/aromatic N) is 1. The van der Waals surface area contributed by atoms with Gasteiger partial charge in [-0.15, -0.1) is 0 Å². The van der Waals surface area contributed by atoms with Gasteiger partial charge in [0.05, 0.1) is 12.6 Å². The monoisotopic (exact) mass is 231 g/mol. The zero-order valence-electron chi connectivity index (χ0n) is 10.1. The van der Waals surface area contributed by atoms with E-state index < -0.39 is 0 Å². The lowest BCUT2D eigenvalue weighted by atomic mass is 10.2. The molecule has 0 bridgehead atoms. The zero-order chi connectivity index (χ0) is 11.5. The molecular weight excluding hydrogens is 210 g/mol. The van der Waals surface area contributed by atoms with Gasteiger partial charge in [0.15, 0.2) is 0 Å². The molecule has 88 valence electrons. The first-order chi connectivity index (χ1) is 6.89. The first-order valence-electron chi connectivity index (χ1n) is 5.45. The molecule has 4 heteroatoms. The van der Waals surface area contributed by atoms with Gasteiger partial charge in [0, 0.05) is 23.6 Å². The molecule has 0 saturated carbocycles. The molecule has 1 aliphatic heterocycles. The van der Waals surface area contributed by atoms with Crippen LogP contribution in [0, 0.1) is 0 Å². The third-order valence-corrected chi connectivity index (χ3v) is 3.52. The van der Waals surface area contributed by atoms with Crippen molar-refractivity contribution in [1.82, 2.24) is 4.90 Å². The molecule has 1 fully saturated rings. The maximum atomic E-state index is 11.5. The summed E-state index contributed by atoms with van der Waals surface area (Å²) in [7, 11) is 0. The third kappa shape index (κ3) is 4.89. The maximum Gasteiger partial charge on any atom is 0.320 e. The molecule has 3 nitrogen and oxygen atoms in total. The van der Waals surface area contributed by atoms with Gasteiger partial charge in [-0.1, -0.05) is 0 Å². The van der Waals surface area contributed by atoms with Crippen molar-refractivity contribution in [2.45, 2.75) is 38.5 Å². The first kappa shape index (κ1) is 12.8. The molecule has 0 N–H and O–H groups in total. The van der Waals surface area contributed by atoms with E-state index in [-0.39, 0.29) is 16.8 Å². The van der Waals surface area contributed by atoms with E-state index in [4.69, 9.17) is 4.74 Å². The van der Waals surface area contributed by atoms with Crippen molar-refractivity contribution in [1.29, 1.82) is 0 Å². The molecule has 0 atom stereocenters. The highest BCUT2D eigenvalue weighted by atomic mass is 32.2. The van der Waals surface area contributed by atoms with E-state index >= 15 is 0 Å². The maximum absolute atomic E-state index is 11.5. The van der Waals surface area contributed by atoms with Gasteiger partial charge in [0.25, 0.3) is 0 Å². The summed E-state index contributed by atoms with van der Waals surface area (Å²) in [6, 6.07) is 0. The van der Waals surface area contributed by atoms with Gasteiger partial charge in [0.1, 0.15) is 0 Å². The molecule has 1 aliphatic rings. The Morgan fingerprint density at radius 2 is 2.20 bits per heavy atom. The Morgan fingerprint density at radius 1 is 1.53 bits per heavy atom. The fraction of sp³-hybridized carbons (Fsp3) is 0.909. The molecule has 1 heterocycles. The van der Waals surface area contributed by atoms with E-state index in [2.05, 4.69) is 18.7 Å². The van der Waals surface area contributed by atoms with Crippen molar-refractivity contribution in [3.05, 3.63) is 0 Å². The minimum absolute atomic E-state index is 0.00956. The molecule has 1 rings (SSSR count). The second kappa shape index (κ2) is 5.21. The van der Waals surface area contributed by atoms with Gasteiger partial charge < -0.3 is 4.74 Å². The van der Waals surface area contributed by atoms with Crippen molar-refractivity contribution >= 4 is 17.7 Å². The van der Waals surface area contributed by atoms with Crippen LogP contribution in [0.3, 0.4) is 0 Å². The van der Waals surface area contributed by atoms with Crippen LogP contribution >= 0.6 is 11.8 Å². The quantitative estimate of drug-likeness (QED) is 0.692. The van der Waals surface area contributed by atoms with Crippen molar-refractivity contribution in [2.75, 3.05) is 25.4 Å². The number of rotatable bonds is 3. The van der Waals surface area contributed by atoms with Crippen LogP contribution in [0.5, 0.6) is 0 Å². The van der Waals surface area contributed by atoms with E-state index in [1.165, 1.54) is 0 Å².